The predicted octanol–water partition coefficient (Wildman–Crippen LogP) is 5.58. The summed E-state index contributed by atoms with van der Waals surface area (Å²) in [5.74, 6) is -1.38. The highest BCUT2D eigenvalue weighted by atomic mass is 32.2. The molecule has 6 nitrogen and oxygen atoms in total. The molecule has 0 unspecified atom stereocenters. The number of carbonyl (C=O) groups is 2. The summed E-state index contributed by atoms with van der Waals surface area (Å²) in [6.45, 7) is 11.2. The fourth-order valence-electron chi connectivity index (χ4n) is 2.85. The van der Waals surface area contributed by atoms with E-state index in [9.17, 15) is 9.59 Å². The second kappa shape index (κ2) is 8.00. The van der Waals surface area contributed by atoms with E-state index in [0.717, 1.165) is 31.8 Å². The van der Waals surface area contributed by atoms with Gasteiger partial charge in [-0.3, -0.25) is 4.79 Å². The molecule has 158 valence electrons. The van der Waals surface area contributed by atoms with Gasteiger partial charge in [-0.15, -0.1) is 11.8 Å². The Labute approximate surface area is 183 Å². The van der Waals surface area contributed by atoms with Crippen LogP contribution in [0.2, 0.25) is 0 Å². The number of aryl methyl sites for hydroxylation is 1. The first-order valence-corrected chi connectivity index (χ1v) is 11.0. The lowest BCUT2D eigenvalue weighted by Gasteiger charge is -2.28. The molecule has 3 aromatic rings. The van der Waals surface area contributed by atoms with Gasteiger partial charge < -0.3 is 9.84 Å². The molecule has 1 aromatic carbocycles. The summed E-state index contributed by atoms with van der Waals surface area (Å²) in [5.41, 5.74) is 2.00. The molecule has 2 aromatic heterocycles. The van der Waals surface area contributed by atoms with Crippen LogP contribution in [-0.2, 0) is 9.53 Å². The first-order chi connectivity index (χ1) is 13.9. The first-order valence-electron chi connectivity index (χ1n) is 9.40. The standard InChI is InChI=1S/C22H24N2O4S2/c1-12-14-8-10-16(29-22(5,6)20(27)28-21(2,3)4)17(18(14)30-24-12)13-7-9-15(19(25)26)23-11-13/h7-11H,1-6H3,(H,25,26). The molecule has 2 heterocycles. The molecule has 1 N–H and O–H groups in total. The predicted molar refractivity (Wildman–Crippen MR) is 120 cm³/mol. The highest BCUT2D eigenvalue weighted by Crippen LogP contribution is 2.44. The molecule has 0 atom stereocenters. The van der Waals surface area contributed by atoms with Crippen LogP contribution in [0.1, 0.15) is 50.8 Å². The van der Waals surface area contributed by atoms with Gasteiger partial charge in [-0.1, -0.05) is 12.1 Å². The molecule has 0 spiro atoms. The van der Waals surface area contributed by atoms with Gasteiger partial charge in [0.05, 0.1) is 10.4 Å². The fourth-order valence-corrected chi connectivity index (χ4v) is 5.01. The van der Waals surface area contributed by atoms with E-state index in [-0.39, 0.29) is 11.7 Å². The summed E-state index contributed by atoms with van der Waals surface area (Å²) >= 11 is 2.79. The van der Waals surface area contributed by atoms with Crippen LogP contribution in [0.25, 0.3) is 21.2 Å². The van der Waals surface area contributed by atoms with E-state index in [2.05, 4.69) is 9.36 Å². The van der Waals surface area contributed by atoms with Gasteiger partial charge >= 0.3 is 11.9 Å². The molecule has 0 radical (unpaired) electrons. The van der Waals surface area contributed by atoms with Crippen molar-refractivity contribution in [3.05, 3.63) is 41.9 Å². The zero-order valence-corrected chi connectivity index (χ0v) is 19.4. The molecule has 0 saturated carbocycles. The molecule has 0 aliphatic heterocycles. The van der Waals surface area contributed by atoms with Gasteiger partial charge in [0.15, 0.2) is 0 Å². The summed E-state index contributed by atoms with van der Waals surface area (Å²) < 4.78 is 10.2. The Kier molecular flexibility index (Phi) is 5.93. The minimum atomic E-state index is -1.07. The van der Waals surface area contributed by atoms with Gasteiger partial charge in [-0.05, 0) is 65.2 Å². The van der Waals surface area contributed by atoms with E-state index < -0.39 is 16.3 Å². The van der Waals surface area contributed by atoms with Crippen LogP contribution in [0.4, 0.5) is 0 Å². The monoisotopic (exact) mass is 444 g/mol. The second-order valence-corrected chi connectivity index (χ2v) is 10.9. The fraction of sp³-hybridized carbons (Fsp3) is 0.364. The zero-order chi connectivity index (χ0) is 22.3. The van der Waals surface area contributed by atoms with Crippen LogP contribution in [0, 0.1) is 6.92 Å². The second-order valence-electron chi connectivity index (χ2n) is 8.43. The van der Waals surface area contributed by atoms with Crippen molar-refractivity contribution in [1.82, 2.24) is 9.36 Å². The van der Waals surface area contributed by atoms with Crippen molar-refractivity contribution in [2.45, 2.75) is 56.8 Å². The zero-order valence-electron chi connectivity index (χ0n) is 17.8. The summed E-state index contributed by atoms with van der Waals surface area (Å²) in [6.07, 6.45) is 1.55. The Bertz CT molecular complexity index is 1110. The van der Waals surface area contributed by atoms with E-state index in [0.29, 0.717) is 0 Å². The molecule has 8 heteroatoms. The van der Waals surface area contributed by atoms with Gasteiger partial charge in [-0.25, -0.2) is 9.78 Å². The van der Waals surface area contributed by atoms with Crippen LogP contribution < -0.4 is 0 Å². The van der Waals surface area contributed by atoms with Gasteiger partial charge in [0.1, 0.15) is 16.0 Å². The maximum atomic E-state index is 12.8. The number of carboxylic acid groups (broad SMARTS) is 1. The van der Waals surface area contributed by atoms with Gasteiger partial charge in [0.2, 0.25) is 0 Å². The SMILES string of the molecule is Cc1nsc2c(-c3ccc(C(=O)O)nc3)c(SC(C)(C)C(=O)OC(C)(C)C)ccc12. The minimum absolute atomic E-state index is 0.0188. The van der Waals surface area contributed by atoms with Crippen molar-refractivity contribution in [2.75, 3.05) is 0 Å². The van der Waals surface area contributed by atoms with Crippen molar-refractivity contribution in [1.29, 1.82) is 0 Å². The lowest BCUT2D eigenvalue weighted by atomic mass is 10.0. The lowest BCUT2D eigenvalue weighted by molar-refractivity contribution is -0.156. The number of nitrogens with zero attached hydrogens (tertiary/aromatic N) is 2. The smallest absolute Gasteiger partial charge is 0.354 e. The number of aromatic carboxylic acids is 1. The number of esters is 1. The average Bonchev–Trinajstić information content (AvgIpc) is 3.01. The van der Waals surface area contributed by atoms with Crippen molar-refractivity contribution >= 4 is 45.3 Å². The van der Waals surface area contributed by atoms with Crippen molar-refractivity contribution < 1.29 is 19.4 Å². The maximum Gasteiger partial charge on any atom is 0.354 e. The molecule has 3 rings (SSSR count). The summed E-state index contributed by atoms with van der Waals surface area (Å²) in [7, 11) is 0. The molecule has 0 bridgehead atoms. The lowest BCUT2D eigenvalue weighted by Crippen LogP contribution is -2.36. The topological polar surface area (TPSA) is 89.4 Å². The van der Waals surface area contributed by atoms with Crippen LogP contribution in [0.5, 0.6) is 0 Å². The number of benzene rings is 1. The number of carboxylic acids is 1. The molecule has 0 aliphatic rings. The number of carbonyl (C=O) groups excluding carboxylic acids is 1. The number of pyridine rings is 1. The van der Waals surface area contributed by atoms with Crippen LogP contribution in [0.3, 0.4) is 0 Å². The Morgan fingerprint density at radius 2 is 1.80 bits per heavy atom. The summed E-state index contributed by atoms with van der Waals surface area (Å²) in [6, 6.07) is 7.20. The molecule has 0 amide bonds. The summed E-state index contributed by atoms with van der Waals surface area (Å²) in [4.78, 5) is 28.9. The van der Waals surface area contributed by atoms with E-state index in [1.54, 1.807) is 12.3 Å². The first kappa shape index (κ1) is 22.2. The Morgan fingerprint density at radius 1 is 1.10 bits per heavy atom. The van der Waals surface area contributed by atoms with Crippen molar-refractivity contribution in [2.24, 2.45) is 0 Å². The van der Waals surface area contributed by atoms with Crippen LogP contribution >= 0.6 is 23.3 Å². The number of ether oxygens (including phenoxy) is 1. The third-order valence-electron chi connectivity index (χ3n) is 4.31. The summed E-state index contributed by atoms with van der Waals surface area (Å²) in [5, 5.41) is 10.2. The quantitative estimate of drug-likeness (QED) is 0.406. The molecule has 0 aliphatic carbocycles. The number of fused-ring (bicyclic) bond motifs is 1. The Balaban J connectivity index is 2.10. The molecule has 0 saturated heterocycles. The van der Waals surface area contributed by atoms with E-state index in [1.807, 2.05) is 53.7 Å². The number of hydrogen-bond donors (Lipinski definition) is 1. The van der Waals surface area contributed by atoms with Crippen LogP contribution in [-0.4, -0.2) is 36.8 Å². The average molecular weight is 445 g/mol. The third-order valence-corrected chi connectivity index (χ3v) is 6.52. The van der Waals surface area contributed by atoms with E-state index in [4.69, 9.17) is 9.84 Å². The number of rotatable bonds is 5. The van der Waals surface area contributed by atoms with E-state index >= 15 is 0 Å². The van der Waals surface area contributed by atoms with Gasteiger partial charge in [0, 0.05) is 27.6 Å². The normalized spacial score (nSPS) is 12.2. The maximum absolute atomic E-state index is 12.8. The minimum Gasteiger partial charge on any atom is -0.477 e. The van der Waals surface area contributed by atoms with Crippen molar-refractivity contribution in [3.63, 3.8) is 0 Å². The largest absolute Gasteiger partial charge is 0.477 e. The highest BCUT2D eigenvalue weighted by molar-refractivity contribution is 8.01. The molecular weight excluding hydrogens is 420 g/mol. The Morgan fingerprint density at radius 3 is 2.37 bits per heavy atom. The van der Waals surface area contributed by atoms with Crippen molar-refractivity contribution in [3.8, 4) is 11.1 Å². The number of aromatic nitrogens is 2. The number of thioether (sulfide) groups is 1. The van der Waals surface area contributed by atoms with E-state index in [1.165, 1.54) is 29.4 Å². The van der Waals surface area contributed by atoms with Crippen LogP contribution in [0.15, 0.2) is 35.4 Å². The molecule has 0 fully saturated rings. The van der Waals surface area contributed by atoms with Gasteiger partial charge in [0.25, 0.3) is 0 Å². The highest BCUT2D eigenvalue weighted by Gasteiger charge is 2.35. The van der Waals surface area contributed by atoms with Gasteiger partial charge in [-0.2, -0.15) is 4.37 Å². The number of hydrogen-bond acceptors (Lipinski definition) is 7. The third kappa shape index (κ3) is 4.65. The molecular formula is C22H24N2O4S2. The molecule has 30 heavy (non-hydrogen) atoms. The Hall–Kier alpha value is -2.45.